The molecule has 3 aliphatic rings. The van der Waals surface area contributed by atoms with Crippen molar-refractivity contribution >= 4 is 16.3 Å². The Morgan fingerprint density at radius 3 is 1.91 bits per heavy atom. The zero-order valence-corrected chi connectivity index (χ0v) is 29.4. The van der Waals surface area contributed by atoms with Gasteiger partial charge in [0, 0.05) is 39.3 Å². The number of para-hydroxylation sites is 2. The molecule has 2 aliphatic carbocycles. The molecule has 4 nitrogen and oxygen atoms in total. The Hall–Kier alpha value is -6.91. The number of fused-ring (bicyclic) bond motifs is 10. The van der Waals surface area contributed by atoms with Crippen molar-refractivity contribution in [3.8, 4) is 45.4 Å². The van der Waals surface area contributed by atoms with Crippen LogP contribution in [0.2, 0.25) is 0 Å². The van der Waals surface area contributed by atoms with Gasteiger partial charge in [0.2, 0.25) is 0 Å². The summed E-state index contributed by atoms with van der Waals surface area (Å²) in [6, 6.07) is 57.9. The van der Waals surface area contributed by atoms with Gasteiger partial charge in [0.15, 0.2) is 17.5 Å². The lowest BCUT2D eigenvalue weighted by Gasteiger charge is -2.40. The van der Waals surface area contributed by atoms with Crippen molar-refractivity contribution in [1.29, 1.82) is 0 Å². The van der Waals surface area contributed by atoms with E-state index in [1.165, 1.54) is 38.9 Å². The topological polar surface area (TPSA) is 47.9 Å². The Labute approximate surface area is 313 Å². The maximum atomic E-state index is 6.97. The zero-order chi connectivity index (χ0) is 35.6. The lowest BCUT2D eigenvalue weighted by Crippen LogP contribution is -2.32. The SMILES string of the molecule is C1=CC(c2cccc3c2Oc2ccccc2C32c3ccccc3-c3ccccc32)CC=C1c1nc(-c2ccccc2)nc(-c2cccc3ccccc23)n1. The van der Waals surface area contributed by atoms with Gasteiger partial charge in [0.05, 0.1) is 5.41 Å². The van der Waals surface area contributed by atoms with Gasteiger partial charge in [-0.15, -0.1) is 0 Å². The molecule has 7 aromatic carbocycles. The third-order valence-corrected chi connectivity index (χ3v) is 11.4. The molecule has 1 spiro atoms. The number of benzene rings is 7. The monoisotopic (exact) mass is 691 g/mol. The third kappa shape index (κ3) is 4.53. The highest BCUT2D eigenvalue weighted by Gasteiger charge is 2.51. The summed E-state index contributed by atoms with van der Waals surface area (Å²) in [5.74, 6) is 3.94. The first-order chi connectivity index (χ1) is 26.8. The van der Waals surface area contributed by atoms with E-state index in [9.17, 15) is 0 Å². The van der Waals surface area contributed by atoms with Crippen LogP contribution in [0.4, 0.5) is 0 Å². The summed E-state index contributed by atoms with van der Waals surface area (Å²) in [6.45, 7) is 0. The van der Waals surface area contributed by atoms with Crippen LogP contribution in [0.25, 0.3) is 50.2 Å². The molecule has 0 radical (unpaired) electrons. The first kappa shape index (κ1) is 30.7. The number of hydrogen-bond acceptors (Lipinski definition) is 4. The van der Waals surface area contributed by atoms with E-state index in [0.717, 1.165) is 45.4 Å². The van der Waals surface area contributed by atoms with E-state index in [4.69, 9.17) is 19.7 Å². The molecule has 11 rings (SSSR count). The van der Waals surface area contributed by atoms with E-state index in [1.807, 2.05) is 18.2 Å². The van der Waals surface area contributed by atoms with Gasteiger partial charge >= 0.3 is 0 Å². The minimum absolute atomic E-state index is 0.103. The molecule has 1 aromatic heterocycles. The molecule has 2 heterocycles. The molecule has 4 heteroatoms. The summed E-state index contributed by atoms with van der Waals surface area (Å²) in [4.78, 5) is 15.2. The van der Waals surface area contributed by atoms with Gasteiger partial charge in [-0.05, 0) is 45.5 Å². The van der Waals surface area contributed by atoms with Crippen LogP contribution >= 0.6 is 0 Å². The van der Waals surface area contributed by atoms with Gasteiger partial charge in [0.25, 0.3) is 0 Å². The predicted molar refractivity (Wildman–Crippen MR) is 216 cm³/mol. The van der Waals surface area contributed by atoms with Crippen molar-refractivity contribution in [2.24, 2.45) is 0 Å². The quantitative estimate of drug-likeness (QED) is 0.184. The van der Waals surface area contributed by atoms with Gasteiger partial charge in [-0.3, -0.25) is 0 Å². The first-order valence-electron chi connectivity index (χ1n) is 18.6. The van der Waals surface area contributed by atoms with Crippen LogP contribution in [-0.4, -0.2) is 15.0 Å². The third-order valence-electron chi connectivity index (χ3n) is 11.4. The van der Waals surface area contributed by atoms with Crippen LogP contribution in [0.3, 0.4) is 0 Å². The minimum Gasteiger partial charge on any atom is -0.456 e. The van der Waals surface area contributed by atoms with Crippen molar-refractivity contribution in [3.63, 3.8) is 0 Å². The van der Waals surface area contributed by atoms with Gasteiger partial charge in [0.1, 0.15) is 11.5 Å². The summed E-state index contributed by atoms with van der Waals surface area (Å²) >= 11 is 0. The number of allylic oxidation sites excluding steroid dienone is 4. The molecule has 0 saturated heterocycles. The Balaban J connectivity index is 1.02. The summed E-state index contributed by atoms with van der Waals surface area (Å²) in [7, 11) is 0. The van der Waals surface area contributed by atoms with Gasteiger partial charge in [-0.2, -0.15) is 0 Å². The van der Waals surface area contributed by atoms with Crippen LogP contribution in [0.5, 0.6) is 11.5 Å². The summed E-state index contributed by atoms with van der Waals surface area (Å²) < 4.78 is 6.97. The fraction of sp³-hybridized carbons (Fsp3) is 0.0600. The Morgan fingerprint density at radius 1 is 0.500 bits per heavy atom. The predicted octanol–water partition coefficient (Wildman–Crippen LogP) is 12.0. The van der Waals surface area contributed by atoms with E-state index in [1.54, 1.807) is 0 Å². The summed E-state index contributed by atoms with van der Waals surface area (Å²) in [5, 5.41) is 2.27. The highest BCUT2D eigenvalue weighted by atomic mass is 16.5. The molecular formula is C50H33N3O. The molecule has 54 heavy (non-hydrogen) atoms. The number of nitrogens with zero attached hydrogens (tertiary/aromatic N) is 3. The molecule has 0 N–H and O–H groups in total. The van der Waals surface area contributed by atoms with Crippen molar-refractivity contribution in [2.45, 2.75) is 17.8 Å². The molecule has 0 saturated carbocycles. The number of rotatable bonds is 4. The smallest absolute Gasteiger partial charge is 0.164 e. The molecule has 1 unspecified atom stereocenters. The standard InChI is InChI=1S/C50H33N3O/c1-2-15-34(16-3-1)47-51-48(53-49(52-47)40-22-12-17-32-14-4-5-18-36(32)40)35-30-28-33(29-31-35)37-21-13-26-44-46(37)54-45-27-11-10-25-43(45)50(44)41-23-8-6-19-38(41)39-20-7-9-24-42(39)50/h1-28,30-31,33H,29H2. The second-order valence-corrected chi connectivity index (χ2v) is 14.2. The van der Waals surface area contributed by atoms with E-state index in [0.29, 0.717) is 17.5 Å². The molecule has 254 valence electrons. The molecule has 0 bridgehead atoms. The molecule has 0 fully saturated rings. The average molecular weight is 692 g/mol. The number of ether oxygens (including phenoxy) is 1. The second kappa shape index (κ2) is 12.1. The normalized spacial score (nSPS) is 15.9. The molecule has 0 amide bonds. The molecule has 8 aromatic rings. The van der Waals surface area contributed by atoms with Crippen LogP contribution in [0.1, 0.15) is 46.0 Å². The van der Waals surface area contributed by atoms with Crippen LogP contribution < -0.4 is 4.74 Å². The van der Waals surface area contributed by atoms with Crippen LogP contribution in [0, 0.1) is 0 Å². The van der Waals surface area contributed by atoms with E-state index < -0.39 is 5.41 Å². The van der Waals surface area contributed by atoms with E-state index in [-0.39, 0.29) is 5.92 Å². The van der Waals surface area contributed by atoms with Gasteiger partial charge in [-0.1, -0.05) is 176 Å². The van der Waals surface area contributed by atoms with Gasteiger partial charge in [-0.25, -0.2) is 15.0 Å². The highest BCUT2D eigenvalue weighted by Crippen LogP contribution is 2.63. The number of hydrogen-bond donors (Lipinski definition) is 0. The maximum Gasteiger partial charge on any atom is 0.164 e. The van der Waals surface area contributed by atoms with E-state index >= 15 is 0 Å². The molecule has 1 aliphatic heterocycles. The van der Waals surface area contributed by atoms with Crippen molar-refractivity contribution in [2.75, 3.05) is 0 Å². The van der Waals surface area contributed by atoms with E-state index in [2.05, 4.69) is 164 Å². The van der Waals surface area contributed by atoms with Crippen LogP contribution in [0.15, 0.2) is 182 Å². The average Bonchev–Trinajstić information content (AvgIpc) is 3.54. The summed E-state index contributed by atoms with van der Waals surface area (Å²) in [5.41, 5.74) is 11.1. The minimum atomic E-state index is -0.483. The van der Waals surface area contributed by atoms with Crippen molar-refractivity contribution in [1.82, 2.24) is 15.0 Å². The first-order valence-corrected chi connectivity index (χ1v) is 18.6. The highest BCUT2D eigenvalue weighted by molar-refractivity contribution is 5.95. The lowest BCUT2D eigenvalue weighted by atomic mass is 9.65. The van der Waals surface area contributed by atoms with Crippen molar-refractivity contribution < 1.29 is 4.74 Å². The lowest BCUT2D eigenvalue weighted by molar-refractivity contribution is 0.428. The molecule has 1 atom stereocenters. The maximum absolute atomic E-state index is 6.97. The van der Waals surface area contributed by atoms with Crippen molar-refractivity contribution in [3.05, 3.63) is 216 Å². The van der Waals surface area contributed by atoms with Crippen LogP contribution in [-0.2, 0) is 5.41 Å². The van der Waals surface area contributed by atoms with Gasteiger partial charge < -0.3 is 4.74 Å². The number of aromatic nitrogens is 3. The Kier molecular flexibility index (Phi) is 6.86. The summed E-state index contributed by atoms with van der Waals surface area (Å²) in [6.07, 6.45) is 7.52. The fourth-order valence-electron chi connectivity index (χ4n) is 8.97. The fourth-order valence-corrected chi connectivity index (χ4v) is 8.97. The second-order valence-electron chi connectivity index (χ2n) is 14.2. The Morgan fingerprint density at radius 2 is 1.11 bits per heavy atom. The Bertz CT molecular complexity index is 2800. The zero-order valence-electron chi connectivity index (χ0n) is 29.4. The molecular weight excluding hydrogens is 659 g/mol. The largest absolute Gasteiger partial charge is 0.456 e.